The summed E-state index contributed by atoms with van der Waals surface area (Å²) in [6.07, 6.45) is 1.59. The highest BCUT2D eigenvalue weighted by Gasteiger charge is 2.21. The Morgan fingerprint density at radius 3 is 2.82 bits per heavy atom. The molecule has 0 radical (unpaired) electrons. The molecule has 0 aliphatic carbocycles. The zero-order valence-corrected chi connectivity index (χ0v) is 13.1. The number of rotatable bonds is 2. The second-order valence-corrected chi connectivity index (χ2v) is 5.68. The predicted molar refractivity (Wildman–Crippen MR) is 84.9 cm³/mol. The molecule has 0 saturated heterocycles. The van der Waals surface area contributed by atoms with Crippen molar-refractivity contribution < 1.29 is 4.74 Å². The van der Waals surface area contributed by atoms with Gasteiger partial charge in [0.25, 0.3) is 5.56 Å². The van der Waals surface area contributed by atoms with Crippen molar-refractivity contribution in [2.45, 2.75) is 6.54 Å². The van der Waals surface area contributed by atoms with E-state index in [2.05, 4.69) is 0 Å². The van der Waals surface area contributed by atoms with Crippen molar-refractivity contribution in [3.8, 4) is 5.75 Å². The average Bonchev–Trinajstić information content (AvgIpc) is 2.51. The third-order valence-electron chi connectivity index (χ3n) is 3.77. The largest absolute Gasteiger partial charge is 0.488 e. The number of anilines is 1. The van der Waals surface area contributed by atoms with E-state index in [1.165, 1.54) is 11.6 Å². The summed E-state index contributed by atoms with van der Waals surface area (Å²) in [4.78, 5) is 26.0. The standard InChI is InChI=1S/C15H16ClN3O3/c1-17-8-10(14(20)18(2)15(17)21)9-19-6-7-22-13-11(16)4-3-5-12(13)19/h3-5,8H,6-7,9H2,1-2H3. The van der Waals surface area contributed by atoms with Crippen LogP contribution in [0, 0.1) is 0 Å². The fraction of sp³-hybridized carbons (Fsp3) is 0.333. The number of hydrogen-bond donors (Lipinski definition) is 0. The lowest BCUT2D eigenvalue weighted by atomic mass is 10.2. The van der Waals surface area contributed by atoms with Gasteiger partial charge in [0.1, 0.15) is 6.61 Å². The zero-order valence-electron chi connectivity index (χ0n) is 12.4. The van der Waals surface area contributed by atoms with Gasteiger partial charge in [-0.05, 0) is 12.1 Å². The van der Waals surface area contributed by atoms with Gasteiger partial charge in [-0.25, -0.2) is 4.79 Å². The van der Waals surface area contributed by atoms with Crippen LogP contribution in [0.2, 0.25) is 5.02 Å². The average molecular weight is 322 g/mol. The van der Waals surface area contributed by atoms with E-state index in [0.29, 0.717) is 36.0 Å². The molecule has 0 spiro atoms. The Bertz CT molecular complexity index is 841. The quantitative estimate of drug-likeness (QED) is 0.832. The molecule has 1 aromatic carbocycles. The van der Waals surface area contributed by atoms with E-state index in [9.17, 15) is 9.59 Å². The molecule has 1 aliphatic rings. The number of ether oxygens (including phenoxy) is 1. The first kappa shape index (κ1) is 14.7. The number of halogens is 1. The fourth-order valence-electron chi connectivity index (χ4n) is 2.63. The van der Waals surface area contributed by atoms with Crippen LogP contribution >= 0.6 is 11.6 Å². The van der Waals surface area contributed by atoms with Crippen LogP contribution in [0.15, 0.2) is 34.0 Å². The summed E-state index contributed by atoms with van der Waals surface area (Å²) in [6, 6.07) is 5.53. The minimum atomic E-state index is -0.334. The fourth-order valence-corrected chi connectivity index (χ4v) is 2.85. The maximum Gasteiger partial charge on any atom is 0.330 e. The van der Waals surface area contributed by atoms with Gasteiger partial charge in [-0.2, -0.15) is 0 Å². The van der Waals surface area contributed by atoms with E-state index in [-0.39, 0.29) is 11.2 Å². The summed E-state index contributed by atoms with van der Waals surface area (Å²) < 4.78 is 8.14. The Kier molecular flexibility index (Phi) is 3.70. The van der Waals surface area contributed by atoms with Crippen LogP contribution in [-0.2, 0) is 20.6 Å². The summed E-state index contributed by atoms with van der Waals surface area (Å²) in [5, 5.41) is 0.551. The predicted octanol–water partition coefficient (Wildman–Crippen LogP) is 1.14. The lowest BCUT2D eigenvalue weighted by Gasteiger charge is -2.31. The topological polar surface area (TPSA) is 56.5 Å². The highest BCUT2D eigenvalue weighted by Crippen LogP contribution is 2.38. The van der Waals surface area contributed by atoms with Crippen LogP contribution in [0.25, 0.3) is 0 Å². The Morgan fingerprint density at radius 2 is 2.05 bits per heavy atom. The smallest absolute Gasteiger partial charge is 0.330 e. The van der Waals surface area contributed by atoms with Crippen molar-refractivity contribution >= 4 is 17.3 Å². The van der Waals surface area contributed by atoms with Crippen molar-refractivity contribution in [3.63, 3.8) is 0 Å². The van der Waals surface area contributed by atoms with E-state index in [1.807, 2.05) is 17.0 Å². The number of para-hydroxylation sites is 1. The number of benzene rings is 1. The van der Waals surface area contributed by atoms with Crippen molar-refractivity contribution in [1.82, 2.24) is 9.13 Å². The summed E-state index contributed by atoms with van der Waals surface area (Å²) in [6.45, 7) is 1.56. The first-order valence-corrected chi connectivity index (χ1v) is 7.28. The molecule has 1 aromatic heterocycles. The van der Waals surface area contributed by atoms with Gasteiger partial charge in [0, 0.05) is 20.3 Å². The van der Waals surface area contributed by atoms with Crippen LogP contribution in [0.5, 0.6) is 5.75 Å². The van der Waals surface area contributed by atoms with Crippen LogP contribution in [-0.4, -0.2) is 22.3 Å². The van der Waals surface area contributed by atoms with Crippen LogP contribution in [0.4, 0.5) is 5.69 Å². The molecule has 0 N–H and O–H groups in total. The van der Waals surface area contributed by atoms with E-state index in [0.717, 1.165) is 10.3 Å². The van der Waals surface area contributed by atoms with Gasteiger partial charge in [0.15, 0.2) is 5.75 Å². The van der Waals surface area contributed by atoms with E-state index < -0.39 is 0 Å². The van der Waals surface area contributed by atoms with Crippen molar-refractivity contribution in [2.24, 2.45) is 14.1 Å². The molecule has 6 nitrogen and oxygen atoms in total. The number of hydrogen-bond acceptors (Lipinski definition) is 4. The van der Waals surface area contributed by atoms with Gasteiger partial charge < -0.3 is 14.2 Å². The molecule has 0 atom stereocenters. The van der Waals surface area contributed by atoms with Crippen LogP contribution in [0.1, 0.15) is 5.56 Å². The number of fused-ring (bicyclic) bond motifs is 1. The highest BCUT2D eigenvalue weighted by molar-refractivity contribution is 6.32. The Balaban J connectivity index is 2.02. The Morgan fingerprint density at radius 1 is 1.27 bits per heavy atom. The first-order chi connectivity index (χ1) is 10.5. The van der Waals surface area contributed by atoms with Crippen LogP contribution in [0.3, 0.4) is 0 Å². The number of aromatic nitrogens is 2. The molecule has 1 aliphatic heterocycles. The maximum atomic E-state index is 12.3. The highest BCUT2D eigenvalue weighted by atomic mass is 35.5. The van der Waals surface area contributed by atoms with Crippen LogP contribution < -0.4 is 20.9 Å². The molecule has 22 heavy (non-hydrogen) atoms. The number of aryl methyl sites for hydroxylation is 1. The van der Waals surface area contributed by atoms with Gasteiger partial charge >= 0.3 is 5.69 Å². The molecular formula is C15H16ClN3O3. The second-order valence-electron chi connectivity index (χ2n) is 5.27. The maximum absolute atomic E-state index is 12.3. The summed E-state index contributed by atoms with van der Waals surface area (Å²) >= 11 is 6.15. The molecule has 0 unspecified atom stereocenters. The molecule has 0 amide bonds. The molecule has 0 fully saturated rings. The molecule has 2 heterocycles. The minimum Gasteiger partial charge on any atom is -0.488 e. The van der Waals surface area contributed by atoms with Gasteiger partial charge in [-0.1, -0.05) is 17.7 Å². The van der Waals surface area contributed by atoms with Gasteiger partial charge in [-0.3, -0.25) is 9.36 Å². The molecular weight excluding hydrogens is 306 g/mol. The second kappa shape index (κ2) is 5.53. The molecule has 2 aromatic rings. The summed E-state index contributed by atoms with van der Waals surface area (Å²) in [7, 11) is 3.12. The van der Waals surface area contributed by atoms with E-state index in [1.54, 1.807) is 19.3 Å². The lowest BCUT2D eigenvalue weighted by molar-refractivity contribution is 0.307. The zero-order chi connectivity index (χ0) is 15.9. The normalized spacial score (nSPS) is 13.7. The van der Waals surface area contributed by atoms with Gasteiger partial charge in [0.05, 0.1) is 29.4 Å². The Labute approximate surface area is 132 Å². The van der Waals surface area contributed by atoms with Crippen molar-refractivity contribution in [2.75, 3.05) is 18.1 Å². The number of nitrogens with zero attached hydrogens (tertiary/aromatic N) is 3. The molecule has 116 valence electrons. The SMILES string of the molecule is Cn1cc(CN2CCOc3c(Cl)cccc32)c(=O)n(C)c1=O. The monoisotopic (exact) mass is 321 g/mol. The minimum absolute atomic E-state index is 0.279. The summed E-state index contributed by atoms with van der Waals surface area (Å²) in [5.74, 6) is 0.636. The molecule has 0 bridgehead atoms. The summed E-state index contributed by atoms with van der Waals surface area (Å²) in [5.41, 5.74) is 0.796. The molecule has 3 rings (SSSR count). The van der Waals surface area contributed by atoms with Crippen molar-refractivity contribution in [1.29, 1.82) is 0 Å². The van der Waals surface area contributed by atoms with E-state index in [4.69, 9.17) is 16.3 Å². The Hall–Kier alpha value is -2.21. The molecule has 0 saturated carbocycles. The molecule has 7 heteroatoms. The van der Waals surface area contributed by atoms with Gasteiger partial charge in [0.2, 0.25) is 0 Å². The third kappa shape index (κ3) is 2.39. The lowest BCUT2D eigenvalue weighted by Crippen LogP contribution is -2.41. The third-order valence-corrected chi connectivity index (χ3v) is 4.07. The van der Waals surface area contributed by atoms with Gasteiger partial charge in [-0.15, -0.1) is 0 Å². The van der Waals surface area contributed by atoms with Crippen molar-refractivity contribution in [3.05, 3.63) is 55.8 Å². The van der Waals surface area contributed by atoms with E-state index >= 15 is 0 Å². The first-order valence-electron chi connectivity index (χ1n) is 6.91.